The molecule has 66 valence electrons. The van der Waals surface area contributed by atoms with Gasteiger partial charge >= 0.3 is 0 Å². The minimum atomic E-state index is 1.04. The van der Waals surface area contributed by atoms with E-state index >= 15 is 0 Å². The van der Waals surface area contributed by atoms with E-state index in [0.29, 0.717) is 0 Å². The van der Waals surface area contributed by atoms with Crippen molar-refractivity contribution < 1.29 is 0 Å². The third kappa shape index (κ3) is 1.60. The summed E-state index contributed by atoms with van der Waals surface area (Å²) in [5, 5.41) is 2.14. The number of hydrogen-bond acceptors (Lipinski definition) is 3. The number of aromatic nitrogens is 2. The summed E-state index contributed by atoms with van der Waals surface area (Å²) in [4.78, 5) is 9.50. The molecule has 0 spiro atoms. The maximum atomic E-state index is 4.16. The lowest BCUT2D eigenvalue weighted by atomic mass is 10.1. The van der Waals surface area contributed by atoms with E-state index in [1.165, 1.54) is 10.4 Å². The topological polar surface area (TPSA) is 25.8 Å². The quantitative estimate of drug-likeness (QED) is 0.691. The molecule has 2 heterocycles. The molecule has 0 amide bonds. The first-order valence-electron chi connectivity index (χ1n) is 4.09. The van der Waals surface area contributed by atoms with E-state index in [-0.39, 0.29) is 0 Å². The molecule has 2 rings (SSSR count). The maximum Gasteiger partial charge on any atom is 0.115 e. The van der Waals surface area contributed by atoms with Crippen LogP contribution in [0.15, 0.2) is 24.0 Å². The van der Waals surface area contributed by atoms with Gasteiger partial charge in [0, 0.05) is 22.3 Å². The average molecular weight is 190 g/mol. The van der Waals surface area contributed by atoms with Crippen molar-refractivity contribution in [3.8, 4) is 11.1 Å². The Morgan fingerprint density at radius 2 is 2.15 bits per heavy atom. The van der Waals surface area contributed by atoms with Gasteiger partial charge < -0.3 is 0 Å². The van der Waals surface area contributed by atoms with E-state index < -0.39 is 0 Å². The van der Waals surface area contributed by atoms with Crippen LogP contribution in [0.1, 0.15) is 10.6 Å². The molecular formula is C10H10N2S. The molecule has 0 aromatic carbocycles. The lowest BCUT2D eigenvalue weighted by Crippen LogP contribution is -1.86. The molecule has 13 heavy (non-hydrogen) atoms. The maximum absolute atomic E-state index is 4.16. The van der Waals surface area contributed by atoms with Crippen molar-refractivity contribution in [2.75, 3.05) is 0 Å². The molecule has 0 radical (unpaired) electrons. The summed E-state index contributed by atoms with van der Waals surface area (Å²) in [6.07, 6.45) is 3.45. The van der Waals surface area contributed by atoms with E-state index in [9.17, 15) is 0 Å². The Kier molecular flexibility index (Phi) is 2.10. The van der Waals surface area contributed by atoms with Crippen LogP contribution >= 0.6 is 11.3 Å². The molecule has 3 heteroatoms. The largest absolute Gasteiger partial charge is 0.244 e. The lowest BCUT2D eigenvalue weighted by molar-refractivity contribution is 1.11. The molecule has 0 saturated carbocycles. The fourth-order valence-corrected chi connectivity index (χ4v) is 1.96. The molecule has 0 aliphatic carbocycles. The number of thiophene rings is 1. The second kappa shape index (κ2) is 3.26. The van der Waals surface area contributed by atoms with Crippen molar-refractivity contribution in [1.82, 2.24) is 9.97 Å². The molecule has 0 saturated heterocycles. The van der Waals surface area contributed by atoms with Gasteiger partial charge in [0.05, 0.1) is 0 Å². The first-order valence-corrected chi connectivity index (χ1v) is 4.97. The van der Waals surface area contributed by atoms with Gasteiger partial charge in [0.2, 0.25) is 0 Å². The van der Waals surface area contributed by atoms with Gasteiger partial charge in [-0.3, -0.25) is 0 Å². The van der Waals surface area contributed by atoms with Crippen LogP contribution in [0.3, 0.4) is 0 Å². The van der Waals surface area contributed by atoms with Crippen molar-refractivity contribution in [2.24, 2.45) is 0 Å². The van der Waals surface area contributed by atoms with Crippen LogP contribution in [0.2, 0.25) is 0 Å². The fourth-order valence-electron chi connectivity index (χ4n) is 1.26. The summed E-state index contributed by atoms with van der Waals surface area (Å²) in [6.45, 7) is 4.11. The molecule has 0 bridgehead atoms. The smallest absolute Gasteiger partial charge is 0.115 e. The van der Waals surface area contributed by atoms with Crippen LogP contribution in [-0.4, -0.2) is 9.97 Å². The molecule has 0 aliphatic rings. The Hall–Kier alpha value is -1.22. The number of rotatable bonds is 1. The normalized spacial score (nSPS) is 10.3. The average Bonchev–Trinajstić information content (AvgIpc) is 2.53. The summed E-state index contributed by atoms with van der Waals surface area (Å²) in [7, 11) is 0. The van der Waals surface area contributed by atoms with E-state index in [1.807, 2.05) is 13.1 Å². The van der Waals surface area contributed by atoms with Gasteiger partial charge in [-0.05, 0) is 30.9 Å². The monoisotopic (exact) mass is 190 g/mol. The van der Waals surface area contributed by atoms with E-state index in [2.05, 4.69) is 28.3 Å². The predicted octanol–water partition coefficient (Wildman–Crippen LogP) is 2.82. The molecule has 2 aromatic heterocycles. The van der Waals surface area contributed by atoms with E-state index in [1.54, 1.807) is 17.7 Å². The molecule has 2 nitrogen and oxygen atoms in total. The highest BCUT2D eigenvalue weighted by Crippen LogP contribution is 2.25. The van der Waals surface area contributed by atoms with Crippen molar-refractivity contribution in [2.45, 2.75) is 13.8 Å². The summed E-state index contributed by atoms with van der Waals surface area (Å²) >= 11 is 1.75. The first-order chi connectivity index (χ1) is 6.27. The molecule has 0 atom stereocenters. The Morgan fingerprint density at radius 1 is 1.31 bits per heavy atom. The highest BCUT2D eigenvalue weighted by Gasteiger charge is 2.03. The van der Waals surface area contributed by atoms with Crippen LogP contribution in [0.4, 0.5) is 0 Å². The molecular weight excluding hydrogens is 180 g/mol. The zero-order valence-corrected chi connectivity index (χ0v) is 8.43. The van der Waals surface area contributed by atoms with Gasteiger partial charge in [0.15, 0.2) is 0 Å². The summed E-state index contributed by atoms with van der Waals surface area (Å²) in [5.74, 6) is 0. The van der Waals surface area contributed by atoms with Gasteiger partial charge in [-0.1, -0.05) is 0 Å². The molecule has 0 unspecified atom stereocenters. The summed E-state index contributed by atoms with van der Waals surface area (Å²) < 4.78 is 0. The van der Waals surface area contributed by atoms with Gasteiger partial charge in [0.1, 0.15) is 6.33 Å². The SMILES string of the molecule is Cc1cc(-c2cncnc2C)cs1. The predicted molar refractivity (Wildman–Crippen MR) is 54.8 cm³/mol. The first kappa shape index (κ1) is 8.38. The van der Waals surface area contributed by atoms with Gasteiger partial charge in [-0.25, -0.2) is 9.97 Å². The minimum Gasteiger partial charge on any atom is -0.244 e. The minimum absolute atomic E-state index is 1.04. The molecule has 0 fully saturated rings. The van der Waals surface area contributed by atoms with E-state index in [4.69, 9.17) is 0 Å². The van der Waals surface area contributed by atoms with Crippen LogP contribution in [0.5, 0.6) is 0 Å². The van der Waals surface area contributed by atoms with E-state index in [0.717, 1.165) is 11.3 Å². The molecule has 0 aliphatic heterocycles. The zero-order valence-electron chi connectivity index (χ0n) is 7.61. The highest BCUT2D eigenvalue weighted by atomic mass is 32.1. The van der Waals surface area contributed by atoms with Crippen molar-refractivity contribution >= 4 is 11.3 Å². The van der Waals surface area contributed by atoms with Crippen molar-refractivity contribution in [3.63, 3.8) is 0 Å². The van der Waals surface area contributed by atoms with Gasteiger partial charge in [0.25, 0.3) is 0 Å². The highest BCUT2D eigenvalue weighted by molar-refractivity contribution is 7.10. The zero-order chi connectivity index (χ0) is 9.26. The lowest BCUT2D eigenvalue weighted by Gasteiger charge is -1.99. The Bertz CT molecular complexity index is 420. The van der Waals surface area contributed by atoms with Gasteiger partial charge in [-0.2, -0.15) is 0 Å². The molecule has 0 N–H and O–H groups in total. The van der Waals surface area contributed by atoms with Crippen molar-refractivity contribution in [3.05, 3.63) is 34.5 Å². The second-order valence-electron chi connectivity index (χ2n) is 2.97. The Labute approximate surface area is 81.3 Å². The van der Waals surface area contributed by atoms with Crippen LogP contribution in [0, 0.1) is 13.8 Å². The third-order valence-corrected chi connectivity index (χ3v) is 2.81. The van der Waals surface area contributed by atoms with Gasteiger partial charge in [-0.15, -0.1) is 11.3 Å². The summed E-state index contributed by atoms with van der Waals surface area (Å²) in [5.41, 5.74) is 3.39. The third-order valence-electron chi connectivity index (χ3n) is 1.95. The number of nitrogens with zero attached hydrogens (tertiary/aromatic N) is 2. The number of hydrogen-bond donors (Lipinski definition) is 0. The molecule has 2 aromatic rings. The van der Waals surface area contributed by atoms with Crippen LogP contribution < -0.4 is 0 Å². The number of aryl methyl sites for hydroxylation is 2. The standard InChI is InChI=1S/C10H10N2S/c1-7-3-9(5-13-7)10-4-11-6-12-8(10)2/h3-6H,1-2H3. The Morgan fingerprint density at radius 3 is 2.77 bits per heavy atom. The summed E-state index contributed by atoms with van der Waals surface area (Å²) in [6, 6.07) is 2.16. The van der Waals surface area contributed by atoms with Crippen LogP contribution in [0.25, 0.3) is 11.1 Å². The van der Waals surface area contributed by atoms with Crippen LogP contribution in [-0.2, 0) is 0 Å². The second-order valence-corrected chi connectivity index (χ2v) is 4.08. The van der Waals surface area contributed by atoms with Crippen molar-refractivity contribution in [1.29, 1.82) is 0 Å². The Balaban J connectivity index is 2.52. The fraction of sp³-hybridized carbons (Fsp3) is 0.200.